The van der Waals surface area contributed by atoms with Crippen molar-refractivity contribution >= 4 is 29.1 Å². The second-order valence-electron chi connectivity index (χ2n) is 1.39. The molecule has 0 fully saturated rings. The molecule has 0 aromatic heterocycles. The van der Waals surface area contributed by atoms with Crippen LogP contribution in [0.2, 0.25) is 0 Å². The number of hydrogen-bond donors (Lipinski definition) is 0. The van der Waals surface area contributed by atoms with Crippen molar-refractivity contribution in [2.24, 2.45) is 4.99 Å². The molecule has 0 heterocycles. The molecule has 0 aliphatic heterocycles. The summed E-state index contributed by atoms with van der Waals surface area (Å²) in [6.45, 7) is 0. The highest BCUT2D eigenvalue weighted by atomic mass is 32.2. The SMILES string of the molecule is CSCC/C=C\N=C=S. The highest BCUT2D eigenvalue weighted by Crippen LogP contribution is 1.95. The fourth-order valence-electron chi connectivity index (χ4n) is 0.344. The number of hydrogen-bond acceptors (Lipinski definition) is 3. The van der Waals surface area contributed by atoms with Crippen LogP contribution in [0.4, 0.5) is 0 Å². The molecule has 0 saturated heterocycles. The Kier molecular flexibility index (Phi) is 7.79. The van der Waals surface area contributed by atoms with Crippen molar-refractivity contribution in [3.63, 3.8) is 0 Å². The molecule has 0 bridgehead atoms. The van der Waals surface area contributed by atoms with Crippen LogP contribution in [-0.2, 0) is 0 Å². The molecule has 50 valence electrons. The molecule has 0 rings (SSSR count). The lowest BCUT2D eigenvalue weighted by atomic mass is 10.5. The molecule has 0 amide bonds. The van der Waals surface area contributed by atoms with Crippen LogP contribution in [-0.4, -0.2) is 17.2 Å². The van der Waals surface area contributed by atoms with Gasteiger partial charge in [0, 0.05) is 6.20 Å². The molecule has 0 atom stereocenters. The predicted molar refractivity (Wildman–Crippen MR) is 47.2 cm³/mol. The largest absolute Gasteiger partial charge is 0.203 e. The topological polar surface area (TPSA) is 12.4 Å². The van der Waals surface area contributed by atoms with E-state index in [0.717, 1.165) is 12.2 Å². The fourth-order valence-corrected chi connectivity index (χ4v) is 0.776. The Morgan fingerprint density at radius 1 is 1.78 bits per heavy atom. The van der Waals surface area contributed by atoms with Crippen LogP contribution < -0.4 is 0 Å². The van der Waals surface area contributed by atoms with Gasteiger partial charge in [-0.2, -0.15) is 11.8 Å². The first kappa shape index (κ1) is 8.89. The summed E-state index contributed by atoms with van der Waals surface area (Å²) in [6, 6.07) is 0. The standard InChI is InChI=1S/C6H9NS2/c1-9-5-3-2-4-7-6-8/h2,4H,3,5H2,1H3/b4-2-. The number of nitrogens with zero attached hydrogens (tertiary/aromatic N) is 1. The Hall–Kier alpha value is -0.110. The van der Waals surface area contributed by atoms with E-state index in [1.54, 1.807) is 6.20 Å². The van der Waals surface area contributed by atoms with Crippen molar-refractivity contribution in [1.29, 1.82) is 0 Å². The molecule has 1 nitrogen and oxygen atoms in total. The maximum atomic E-state index is 4.36. The Labute approximate surface area is 65.3 Å². The van der Waals surface area contributed by atoms with Crippen LogP contribution in [0.5, 0.6) is 0 Å². The van der Waals surface area contributed by atoms with E-state index in [1.807, 2.05) is 17.8 Å². The first-order valence-corrected chi connectivity index (χ1v) is 4.43. The lowest BCUT2D eigenvalue weighted by molar-refractivity contribution is 1.23. The molecule has 9 heavy (non-hydrogen) atoms. The van der Waals surface area contributed by atoms with Crippen molar-refractivity contribution < 1.29 is 0 Å². The van der Waals surface area contributed by atoms with Gasteiger partial charge in [0.15, 0.2) is 0 Å². The molecule has 0 unspecified atom stereocenters. The summed E-state index contributed by atoms with van der Waals surface area (Å²) in [4.78, 5) is 3.62. The lowest BCUT2D eigenvalue weighted by Crippen LogP contribution is -1.69. The molecule has 0 aromatic rings. The summed E-state index contributed by atoms with van der Waals surface area (Å²) in [5.74, 6) is 1.14. The van der Waals surface area contributed by atoms with E-state index >= 15 is 0 Å². The van der Waals surface area contributed by atoms with E-state index < -0.39 is 0 Å². The maximum Gasteiger partial charge on any atom is 0.0634 e. The predicted octanol–water partition coefficient (Wildman–Crippen LogP) is 2.36. The Morgan fingerprint density at radius 3 is 3.11 bits per heavy atom. The Bertz CT molecular complexity index is 125. The van der Waals surface area contributed by atoms with Gasteiger partial charge >= 0.3 is 0 Å². The van der Waals surface area contributed by atoms with Crippen LogP contribution in [0.1, 0.15) is 6.42 Å². The van der Waals surface area contributed by atoms with Crippen LogP contribution >= 0.6 is 24.0 Å². The van der Waals surface area contributed by atoms with E-state index in [2.05, 4.69) is 28.6 Å². The zero-order chi connectivity index (χ0) is 6.95. The Balaban J connectivity index is 3.14. The molecule has 0 aliphatic rings. The summed E-state index contributed by atoms with van der Waals surface area (Å²) in [6.07, 6.45) is 6.80. The minimum Gasteiger partial charge on any atom is -0.203 e. The zero-order valence-electron chi connectivity index (χ0n) is 5.33. The minimum atomic E-state index is 1.06. The summed E-state index contributed by atoms with van der Waals surface area (Å²) >= 11 is 6.18. The van der Waals surface area contributed by atoms with Crippen molar-refractivity contribution in [3.05, 3.63) is 12.3 Å². The van der Waals surface area contributed by atoms with Gasteiger partial charge in [-0.3, -0.25) is 0 Å². The lowest BCUT2D eigenvalue weighted by Gasteiger charge is -1.84. The molecule has 0 aliphatic carbocycles. The first-order chi connectivity index (χ1) is 4.41. The summed E-state index contributed by atoms with van der Waals surface area (Å²) in [7, 11) is 0. The van der Waals surface area contributed by atoms with Crippen molar-refractivity contribution in [3.8, 4) is 0 Å². The second kappa shape index (κ2) is 7.89. The van der Waals surface area contributed by atoms with E-state index in [0.29, 0.717) is 0 Å². The quantitative estimate of drug-likeness (QED) is 0.355. The third-order valence-electron chi connectivity index (χ3n) is 0.721. The highest BCUT2D eigenvalue weighted by Gasteiger charge is 1.74. The van der Waals surface area contributed by atoms with Gasteiger partial charge in [-0.05, 0) is 30.6 Å². The van der Waals surface area contributed by atoms with Gasteiger partial charge in [-0.1, -0.05) is 6.08 Å². The van der Waals surface area contributed by atoms with E-state index in [4.69, 9.17) is 0 Å². The normalized spacial score (nSPS) is 9.44. The molecule has 0 saturated carbocycles. The summed E-state index contributed by atoms with van der Waals surface area (Å²) in [5, 5.41) is 2.26. The van der Waals surface area contributed by atoms with Gasteiger partial charge in [0.2, 0.25) is 0 Å². The molecule has 3 heteroatoms. The maximum absolute atomic E-state index is 4.36. The fraction of sp³-hybridized carbons (Fsp3) is 0.500. The molecule has 0 aromatic carbocycles. The van der Waals surface area contributed by atoms with Crippen molar-refractivity contribution in [1.82, 2.24) is 0 Å². The monoisotopic (exact) mass is 159 g/mol. The average Bonchev–Trinajstić information content (AvgIpc) is 1.89. The molecule has 0 N–H and O–H groups in total. The third-order valence-corrected chi connectivity index (χ3v) is 1.47. The number of allylic oxidation sites excluding steroid dienone is 1. The zero-order valence-corrected chi connectivity index (χ0v) is 6.97. The minimum absolute atomic E-state index is 1.06. The third kappa shape index (κ3) is 7.89. The summed E-state index contributed by atoms with van der Waals surface area (Å²) in [5.41, 5.74) is 0. The second-order valence-corrected chi connectivity index (χ2v) is 2.55. The summed E-state index contributed by atoms with van der Waals surface area (Å²) < 4.78 is 0. The Morgan fingerprint density at radius 2 is 2.56 bits per heavy atom. The molecular formula is C6H9NS2. The first-order valence-electron chi connectivity index (χ1n) is 2.62. The highest BCUT2D eigenvalue weighted by molar-refractivity contribution is 7.98. The number of rotatable bonds is 4. The number of thiocarbonyl (C=S) groups is 1. The molecule has 0 radical (unpaired) electrons. The van der Waals surface area contributed by atoms with Crippen LogP contribution in [0.25, 0.3) is 0 Å². The van der Waals surface area contributed by atoms with E-state index in [1.165, 1.54) is 0 Å². The number of thioether (sulfide) groups is 1. The van der Waals surface area contributed by atoms with Gasteiger partial charge < -0.3 is 0 Å². The van der Waals surface area contributed by atoms with E-state index in [-0.39, 0.29) is 0 Å². The van der Waals surface area contributed by atoms with Crippen molar-refractivity contribution in [2.45, 2.75) is 6.42 Å². The van der Waals surface area contributed by atoms with Gasteiger partial charge in [0.25, 0.3) is 0 Å². The van der Waals surface area contributed by atoms with Crippen LogP contribution in [0, 0.1) is 0 Å². The molecular weight excluding hydrogens is 150 g/mol. The van der Waals surface area contributed by atoms with Crippen molar-refractivity contribution in [2.75, 3.05) is 12.0 Å². The van der Waals surface area contributed by atoms with Gasteiger partial charge in [-0.15, -0.1) is 0 Å². The van der Waals surface area contributed by atoms with Crippen LogP contribution in [0.15, 0.2) is 17.3 Å². The van der Waals surface area contributed by atoms with Gasteiger partial charge in [0.1, 0.15) is 0 Å². The van der Waals surface area contributed by atoms with Gasteiger partial charge in [-0.25, -0.2) is 4.99 Å². The van der Waals surface area contributed by atoms with E-state index in [9.17, 15) is 0 Å². The van der Waals surface area contributed by atoms with Crippen LogP contribution in [0.3, 0.4) is 0 Å². The smallest absolute Gasteiger partial charge is 0.0634 e. The molecule has 0 spiro atoms. The average molecular weight is 159 g/mol. The van der Waals surface area contributed by atoms with Gasteiger partial charge in [0.05, 0.1) is 5.16 Å². The number of isothiocyanates is 1. The number of aliphatic imine (C=N–C) groups is 1.